The van der Waals surface area contributed by atoms with Gasteiger partial charge in [-0.1, -0.05) is 19.3 Å². The molecule has 2 fully saturated rings. The van der Waals surface area contributed by atoms with Crippen LogP contribution in [-0.2, 0) is 14.2 Å². The summed E-state index contributed by atoms with van der Waals surface area (Å²) >= 11 is 6.10. The molecule has 0 spiro atoms. The van der Waals surface area contributed by atoms with Crippen LogP contribution in [0.2, 0.25) is 0 Å². The van der Waals surface area contributed by atoms with Gasteiger partial charge in [0.15, 0.2) is 23.5 Å². The van der Waals surface area contributed by atoms with E-state index in [0.717, 1.165) is 19.3 Å². The summed E-state index contributed by atoms with van der Waals surface area (Å²) in [5.41, 5.74) is 7.15. The van der Waals surface area contributed by atoms with Crippen LogP contribution in [0.25, 0.3) is 11.2 Å². The van der Waals surface area contributed by atoms with Crippen molar-refractivity contribution in [2.24, 2.45) is 0 Å². The molecule has 0 amide bonds. The monoisotopic (exact) mass is 405 g/mol. The fourth-order valence-electron chi connectivity index (χ4n) is 3.59. The zero-order valence-electron chi connectivity index (χ0n) is 16.2. The number of fused-ring (bicyclic) bond motifs is 2. The van der Waals surface area contributed by atoms with Crippen LogP contribution in [0.5, 0.6) is 0 Å². The molecule has 0 radical (unpaired) electrons. The molecule has 4 atom stereocenters. The summed E-state index contributed by atoms with van der Waals surface area (Å²) in [5, 5.41) is 0. The third-order valence-corrected chi connectivity index (χ3v) is 5.16. The number of hydrogen-bond donors (Lipinski definition) is 1. The molecule has 0 unspecified atom stereocenters. The summed E-state index contributed by atoms with van der Waals surface area (Å²) in [4.78, 5) is 13.2. The smallest absolute Gasteiger partial charge is 0.208 e. The van der Waals surface area contributed by atoms with Crippen molar-refractivity contribution in [2.75, 3.05) is 11.6 Å². The van der Waals surface area contributed by atoms with Crippen LogP contribution in [0.1, 0.15) is 52.1 Å². The summed E-state index contributed by atoms with van der Waals surface area (Å²) in [7, 11) is 0. The number of alkyl halides is 1. The topological polar surface area (TPSA) is 97.3 Å². The number of nitrogens with two attached hydrogens (primary N) is 1. The molecule has 8 nitrogen and oxygen atoms in total. The Hall–Kier alpha value is -1.92. The van der Waals surface area contributed by atoms with Crippen molar-refractivity contribution in [3.8, 4) is 11.8 Å². The highest BCUT2D eigenvalue weighted by Gasteiger charge is 2.55. The maximum absolute atomic E-state index is 6.12. The van der Waals surface area contributed by atoms with E-state index < -0.39 is 12.0 Å². The first kappa shape index (κ1) is 19.4. The standard InChI is InChI=1S/C19H24ClN5O3/c1-4-5-6-7-8-12-23-16(21)13-17(24-12)25(10-22-13)18-15-14(11(9-20)26-18)27-19(2,3)28-15/h10-11,14-15,18H,4-6,9H2,1-3H3,(H2,21,23,24)/t11-,14-,15-,18-/m1/s1. The molecule has 4 rings (SSSR count). The van der Waals surface area contributed by atoms with Gasteiger partial charge in [0.2, 0.25) is 5.82 Å². The Kier molecular flexibility index (Phi) is 5.19. The lowest BCUT2D eigenvalue weighted by Crippen LogP contribution is -2.30. The molecule has 2 aliphatic heterocycles. The van der Waals surface area contributed by atoms with Gasteiger partial charge in [0.05, 0.1) is 12.2 Å². The molecule has 2 saturated heterocycles. The van der Waals surface area contributed by atoms with E-state index in [-0.39, 0.29) is 24.1 Å². The highest BCUT2D eigenvalue weighted by Crippen LogP contribution is 2.44. The average molecular weight is 406 g/mol. The third-order valence-electron chi connectivity index (χ3n) is 4.86. The molecule has 2 aromatic heterocycles. The lowest BCUT2D eigenvalue weighted by Gasteiger charge is -2.24. The van der Waals surface area contributed by atoms with Crippen LogP contribution in [0.15, 0.2) is 6.33 Å². The largest absolute Gasteiger partial charge is 0.382 e. The number of anilines is 1. The molecular formula is C19H24ClN5O3. The quantitative estimate of drug-likeness (QED) is 0.474. The fourth-order valence-corrected chi connectivity index (χ4v) is 3.84. The predicted octanol–water partition coefficient (Wildman–Crippen LogP) is 2.61. The minimum absolute atomic E-state index is 0.262. The van der Waals surface area contributed by atoms with Crippen molar-refractivity contribution in [1.82, 2.24) is 19.5 Å². The summed E-state index contributed by atoms with van der Waals surface area (Å²) in [6.45, 7) is 5.88. The van der Waals surface area contributed by atoms with Gasteiger partial charge in [-0.15, -0.1) is 11.6 Å². The van der Waals surface area contributed by atoms with E-state index in [0.29, 0.717) is 22.9 Å². The Morgan fingerprint density at radius 3 is 2.82 bits per heavy atom. The first-order valence-corrected chi connectivity index (χ1v) is 10.0. The SMILES string of the molecule is CCCCC#Cc1nc(N)c2ncn([C@@H]3O[C@H](CCl)[C@H]4OC(C)(C)O[C@H]43)c2n1. The van der Waals surface area contributed by atoms with E-state index in [4.69, 9.17) is 31.5 Å². The number of nitrogen functional groups attached to an aromatic ring is 1. The second-order valence-electron chi connectivity index (χ2n) is 7.45. The zero-order valence-corrected chi connectivity index (χ0v) is 16.9. The molecule has 2 N–H and O–H groups in total. The van der Waals surface area contributed by atoms with Crippen molar-refractivity contribution in [3.05, 3.63) is 12.2 Å². The van der Waals surface area contributed by atoms with Crippen LogP contribution in [0.3, 0.4) is 0 Å². The normalized spacial score (nSPS) is 28.3. The second kappa shape index (κ2) is 7.48. The van der Waals surface area contributed by atoms with Crippen LogP contribution in [-0.4, -0.2) is 49.5 Å². The molecule has 9 heteroatoms. The predicted molar refractivity (Wildman–Crippen MR) is 105 cm³/mol. The Balaban J connectivity index is 1.70. The van der Waals surface area contributed by atoms with Gasteiger partial charge in [-0.2, -0.15) is 0 Å². The average Bonchev–Trinajstić information content (AvgIpc) is 3.29. The van der Waals surface area contributed by atoms with Crippen molar-refractivity contribution in [2.45, 2.75) is 70.4 Å². The summed E-state index contributed by atoms with van der Waals surface area (Å²) in [6.07, 6.45) is 3.20. The maximum Gasteiger partial charge on any atom is 0.208 e. The summed E-state index contributed by atoms with van der Waals surface area (Å²) in [5.74, 6) is 6.33. The lowest BCUT2D eigenvalue weighted by molar-refractivity contribution is -0.193. The number of aromatic nitrogens is 4. The van der Waals surface area contributed by atoms with Crippen LogP contribution in [0, 0.1) is 11.8 Å². The van der Waals surface area contributed by atoms with Gasteiger partial charge in [-0.05, 0) is 26.2 Å². The highest BCUT2D eigenvalue weighted by molar-refractivity contribution is 6.18. The van der Waals surface area contributed by atoms with Crippen molar-refractivity contribution >= 4 is 28.6 Å². The molecule has 0 saturated carbocycles. The maximum atomic E-state index is 6.12. The van der Waals surface area contributed by atoms with E-state index in [1.807, 2.05) is 13.8 Å². The van der Waals surface area contributed by atoms with E-state index >= 15 is 0 Å². The van der Waals surface area contributed by atoms with Crippen LogP contribution in [0.4, 0.5) is 5.82 Å². The van der Waals surface area contributed by atoms with Gasteiger partial charge in [0.1, 0.15) is 23.8 Å². The van der Waals surface area contributed by atoms with E-state index in [2.05, 4.69) is 33.7 Å². The Morgan fingerprint density at radius 2 is 2.07 bits per heavy atom. The van der Waals surface area contributed by atoms with Crippen molar-refractivity contribution in [1.29, 1.82) is 0 Å². The van der Waals surface area contributed by atoms with Gasteiger partial charge in [-0.3, -0.25) is 4.57 Å². The Morgan fingerprint density at radius 1 is 1.29 bits per heavy atom. The number of hydrogen-bond acceptors (Lipinski definition) is 7. The van der Waals surface area contributed by atoms with Crippen LogP contribution < -0.4 is 5.73 Å². The minimum atomic E-state index is -0.706. The summed E-state index contributed by atoms with van der Waals surface area (Å²) in [6, 6.07) is 0. The van der Waals surface area contributed by atoms with E-state index in [9.17, 15) is 0 Å². The third kappa shape index (κ3) is 3.44. The number of halogens is 1. The molecule has 4 heterocycles. The minimum Gasteiger partial charge on any atom is -0.382 e. The number of nitrogens with zero attached hydrogens (tertiary/aromatic N) is 4. The molecule has 2 aromatic rings. The van der Waals surface area contributed by atoms with Gasteiger partial charge in [0, 0.05) is 6.42 Å². The second-order valence-corrected chi connectivity index (χ2v) is 7.75. The molecule has 0 bridgehead atoms. The van der Waals surface area contributed by atoms with Crippen molar-refractivity contribution < 1.29 is 14.2 Å². The Labute approximate surface area is 168 Å². The molecule has 0 aromatic carbocycles. The summed E-state index contributed by atoms with van der Waals surface area (Å²) < 4.78 is 20.0. The molecule has 2 aliphatic rings. The number of unbranched alkanes of at least 4 members (excludes halogenated alkanes) is 2. The van der Waals surface area contributed by atoms with Gasteiger partial charge < -0.3 is 19.9 Å². The number of ether oxygens (including phenoxy) is 3. The Bertz CT molecular complexity index is 935. The lowest BCUT2D eigenvalue weighted by atomic mass is 10.1. The first-order chi connectivity index (χ1) is 13.4. The number of rotatable bonds is 4. The molecular weight excluding hydrogens is 382 g/mol. The van der Waals surface area contributed by atoms with Gasteiger partial charge in [-0.25, -0.2) is 15.0 Å². The molecule has 28 heavy (non-hydrogen) atoms. The molecule has 150 valence electrons. The molecule has 0 aliphatic carbocycles. The van der Waals surface area contributed by atoms with Gasteiger partial charge in [0.25, 0.3) is 0 Å². The van der Waals surface area contributed by atoms with Crippen LogP contribution >= 0.6 is 11.6 Å². The van der Waals surface area contributed by atoms with Crippen molar-refractivity contribution in [3.63, 3.8) is 0 Å². The van der Waals surface area contributed by atoms with Gasteiger partial charge >= 0.3 is 0 Å². The highest BCUT2D eigenvalue weighted by atomic mass is 35.5. The van der Waals surface area contributed by atoms with E-state index in [1.165, 1.54) is 0 Å². The number of imidazole rings is 1. The first-order valence-electron chi connectivity index (χ1n) is 9.49. The fraction of sp³-hybridized carbons (Fsp3) is 0.632. The van der Waals surface area contributed by atoms with E-state index in [1.54, 1.807) is 10.9 Å². The zero-order chi connectivity index (χ0) is 19.9.